The second kappa shape index (κ2) is 11.3. The van der Waals surface area contributed by atoms with E-state index >= 15 is 0 Å². The van der Waals surface area contributed by atoms with Crippen LogP contribution in [0, 0.1) is 6.92 Å². The number of carbonyl (C=O) groups excluding carboxylic acids is 1. The van der Waals surface area contributed by atoms with Crippen molar-refractivity contribution in [2.45, 2.75) is 24.9 Å². The number of carbonyl (C=O) groups is 1. The normalized spacial score (nSPS) is 11.3. The van der Waals surface area contributed by atoms with E-state index in [0.29, 0.717) is 17.3 Å². The molecule has 7 heteroatoms. The average Bonchev–Trinajstić information content (AvgIpc) is 2.95. The van der Waals surface area contributed by atoms with Gasteiger partial charge in [-0.2, -0.15) is 0 Å². The van der Waals surface area contributed by atoms with Crippen LogP contribution in [0.2, 0.25) is 5.02 Å². The fourth-order valence-electron chi connectivity index (χ4n) is 4.49. The first-order valence-electron chi connectivity index (χ1n) is 12.5. The van der Waals surface area contributed by atoms with E-state index in [4.69, 9.17) is 11.6 Å². The number of benzene rings is 5. The summed E-state index contributed by atoms with van der Waals surface area (Å²) >= 11 is 6.07. The molecular weight excluding hydrogens is 528 g/mol. The summed E-state index contributed by atoms with van der Waals surface area (Å²) in [7, 11) is -4.01. The van der Waals surface area contributed by atoms with Crippen LogP contribution in [-0.4, -0.2) is 14.3 Å². The molecule has 0 heterocycles. The highest BCUT2D eigenvalue weighted by atomic mass is 35.5. The number of aryl methyl sites for hydroxylation is 1. The number of hydrogen-bond donors (Lipinski definition) is 1. The summed E-state index contributed by atoms with van der Waals surface area (Å²) in [5, 5.41) is 5.69. The molecule has 0 aromatic heterocycles. The van der Waals surface area contributed by atoms with Gasteiger partial charge in [0.1, 0.15) is 0 Å². The lowest BCUT2D eigenvalue weighted by Gasteiger charge is -2.27. The van der Waals surface area contributed by atoms with E-state index in [1.807, 2.05) is 49.4 Å². The molecule has 0 radical (unpaired) electrons. The summed E-state index contributed by atoms with van der Waals surface area (Å²) in [4.78, 5) is 13.7. The van der Waals surface area contributed by atoms with Gasteiger partial charge >= 0.3 is 0 Å². The van der Waals surface area contributed by atoms with Crippen molar-refractivity contribution in [2.24, 2.45) is 0 Å². The van der Waals surface area contributed by atoms with Gasteiger partial charge in [-0.3, -0.25) is 9.10 Å². The third kappa shape index (κ3) is 5.82. The minimum absolute atomic E-state index is 0.0288. The fourth-order valence-corrected chi connectivity index (χ4v) is 6.09. The Bertz CT molecular complexity index is 1730. The van der Waals surface area contributed by atoms with Crippen LogP contribution in [-0.2, 0) is 23.1 Å². The van der Waals surface area contributed by atoms with Crippen LogP contribution in [0.5, 0.6) is 0 Å². The van der Waals surface area contributed by atoms with E-state index in [2.05, 4.69) is 5.32 Å². The van der Waals surface area contributed by atoms with E-state index in [0.717, 1.165) is 27.5 Å². The lowest BCUT2D eigenvalue weighted by molar-refractivity contribution is 0.0951. The van der Waals surface area contributed by atoms with Gasteiger partial charge in [0.15, 0.2) is 0 Å². The van der Waals surface area contributed by atoms with Crippen LogP contribution in [0.1, 0.15) is 27.0 Å². The van der Waals surface area contributed by atoms with Gasteiger partial charge < -0.3 is 5.32 Å². The van der Waals surface area contributed by atoms with Crippen molar-refractivity contribution in [1.29, 1.82) is 0 Å². The highest BCUT2D eigenvalue weighted by Gasteiger charge is 2.28. The number of nitrogens with one attached hydrogen (secondary N) is 1. The molecule has 0 aliphatic carbocycles. The Kier molecular flexibility index (Phi) is 7.68. The van der Waals surface area contributed by atoms with E-state index < -0.39 is 10.0 Å². The second-order valence-corrected chi connectivity index (χ2v) is 11.6. The lowest BCUT2D eigenvalue weighted by Crippen LogP contribution is -2.33. The first kappa shape index (κ1) is 26.5. The van der Waals surface area contributed by atoms with Gasteiger partial charge in [-0.15, -0.1) is 0 Å². The number of para-hydroxylation sites is 1. The van der Waals surface area contributed by atoms with Crippen LogP contribution in [0.15, 0.2) is 120 Å². The van der Waals surface area contributed by atoms with Crippen LogP contribution in [0.4, 0.5) is 5.69 Å². The maximum atomic E-state index is 14.0. The average molecular weight is 555 g/mol. The monoisotopic (exact) mass is 554 g/mol. The number of rotatable bonds is 8. The molecule has 1 N–H and O–H groups in total. The van der Waals surface area contributed by atoms with Crippen molar-refractivity contribution < 1.29 is 13.2 Å². The standard InChI is InChI=1S/C32H27ClN2O3S/c1-23-13-19-28(20-14-23)39(37,38)35(22-24-15-17-27(33)18-16-24)31-12-5-4-11-30(31)32(36)34-21-26-9-6-8-25-7-2-3-10-29(25)26/h2-20H,21-22H2,1H3,(H,34,36). The van der Waals surface area contributed by atoms with Crippen molar-refractivity contribution in [3.63, 3.8) is 0 Å². The van der Waals surface area contributed by atoms with Crippen LogP contribution in [0.3, 0.4) is 0 Å². The van der Waals surface area contributed by atoms with Gasteiger partial charge in [-0.05, 0) is 65.2 Å². The summed E-state index contributed by atoms with van der Waals surface area (Å²) in [5.74, 6) is -0.362. The molecule has 5 nitrogen and oxygen atoms in total. The summed E-state index contributed by atoms with van der Waals surface area (Å²) in [5.41, 5.74) is 3.22. The molecule has 5 aromatic rings. The Hall–Kier alpha value is -4.13. The number of hydrogen-bond acceptors (Lipinski definition) is 3. The quantitative estimate of drug-likeness (QED) is 0.222. The highest BCUT2D eigenvalue weighted by molar-refractivity contribution is 7.92. The second-order valence-electron chi connectivity index (χ2n) is 9.29. The molecule has 0 spiro atoms. The molecular formula is C32H27ClN2O3S. The molecule has 0 atom stereocenters. The molecule has 39 heavy (non-hydrogen) atoms. The molecule has 5 rings (SSSR count). The number of nitrogens with zero attached hydrogens (tertiary/aromatic N) is 1. The topological polar surface area (TPSA) is 66.5 Å². The Morgan fingerprint density at radius 3 is 2.23 bits per heavy atom. The Morgan fingerprint density at radius 2 is 1.46 bits per heavy atom. The molecule has 0 saturated carbocycles. The summed E-state index contributed by atoms with van der Waals surface area (Å²) < 4.78 is 29.3. The molecule has 0 unspecified atom stereocenters. The molecule has 5 aromatic carbocycles. The van der Waals surface area contributed by atoms with Gasteiger partial charge in [-0.1, -0.05) is 96.0 Å². The smallest absolute Gasteiger partial charge is 0.264 e. The largest absolute Gasteiger partial charge is 0.348 e. The van der Waals surface area contributed by atoms with Crippen molar-refractivity contribution in [1.82, 2.24) is 5.32 Å². The first-order chi connectivity index (χ1) is 18.8. The third-order valence-electron chi connectivity index (χ3n) is 6.59. The minimum atomic E-state index is -4.01. The van der Waals surface area contributed by atoms with Crippen molar-refractivity contribution in [3.8, 4) is 0 Å². The number of amides is 1. The van der Waals surface area contributed by atoms with Gasteiger partial charge in [-0.25, -0.2) is 8.42 Å². The number of fused-ring (bicyclic) bond motifs is 1. The summed E-state index contributed by atoms with van der Waals surface area (Å²) in [6, 6.07) is 34.4. The minimum Gasteiger partial charge on any atom is -0.348 e. The van der Waals surface area contributed by atoms with E-state index in [1.54, 1.807) is 72.8 Å². The highest BCUT2D eigenvalue weighted by Crippen LogP contribution is 2.30. The third-order valence-corrected chi connectivity index (χ3v) is 8.61. The van der Waals surface area contributed by atoms with Gasteiger partial charge in [0, 0.05) is 11.6 Å². The lowest BCUT2D eigenvalue weighted by atomic mass is 10.0. The predicted molar refractivity (Wildman–Crippen MR) is 158 cm³/mol. The number of halogens is 1. The zero-order valence-electron chi connectivity index (χ0n) is 21.3. The van der Waals surface area contributed by atoms with E-state index in [-0.39, 0.29) is 22.9 Å². The Morgan fingerprint density at radius 1 is 0.795 bits per heavy atom. The molecule has 1 amide bonds. The summed E-state index contributed by atoms with van der Waals surface area (Å²) in [6.07, 6.45) is 0. The molecule has 0 fully saturated rings. The first-order valence-corrected chi connectivity index (χ1v) is 14.3. The van der Waals surface area contributed by atoms with Gasteiger partial charge in [0.25, 0.3) is 15.9 Å². The Labute approximate surface area is 233 Å². The fraction of sp³-hybridized carbons (Fsp3) is 0.0938. The SMILES string of the molecule is Cc1ccc(S(=O)(=O)N(Cc2ccc(Cl)cc2)c2ccccc2C(=O)NCc2cccc3ccccc23)cc1. The molecule has 0 aliphatic rings. The van der Waals surface area contributed by atoms with Crippen molar-refractivity contribution >= 4 is 44.0 Å². The van der Waals surface area contributed by atoms with Crippen molar-refractivity contribution in [2.75, 3.05) is 4.31 Å². The molecule has 0 saturated heterocycles. The predicted octanol–water partition coefficient (Wildman–Crippen LogP) is 7.13. The zero-order valence-corrected chi connectivity index (χ0v) is 22.9. The summed E-state index contributed by atoms with van der Waals surface area (Å²) in [6.45, 7) is 2.23. The van der Waals surface area contributed by atoms with Crippen LogP contribution in [0.25, 0.3) is 10.8 Å². The molecule has 196 valence electrons. The maximum Gasteiger partial charge on any atom is 0.264 e. The van der Waals surface area contributed by atoms with Crippen molar-refractivity contribution in [3.05, 3.63) is 143 Å². The van der Waals surface area contributed by atoms with Crippen LogP contribution < -0.4 is 9.62 Å². The number of anilines is 1. The van der Waals surface area contributed by atoms with Gasteiger partial charge in [0.2, 0.25) is 0 Å². The van der Waals surface area contributed by atoms with Gasteiger partial charge in [0.05, 0.1) is 22.7 Å². The molecule has 0 bridgehead atoms. The van der Waals surface area contributed by atoms with Crippen LogP contribution >= 0.6 is 11.6 Å². The van der Waals surface area contributed by atoms with E-state index in [1.165, 1.54) is 4.31 Å². The molecule has 0 aliphatic heterocycles. The Balaban J connectivity index is 1.51. The zero-order chi connectivity index (χ0) is 27.4. The maximum absolute atomic E-state index is 14.0. The van der Waals surface area contributed by atoms with E-state index in [9.17, 15) is 13.2 Å². The number of sulfonamides is 1.